The maximum atomic E-state index is 14.3. The molecule has 16 heteroatoms. The number of likely N-dealkylation sites (N-methyl/N-ethyl adjacent to an activating group) is 1. The normalized spacial score (nSPS) is 37.2. The summed E-state index contributed by atoms with van der Waals surface area (Å²) in [6.07, 6.45) is -3.72. The van der Waals surface area contributed by atoms with Crippen LogP contribution in [0.2, 0.25) is 0 Å². The average Bonchev–Trinajstić information content (AvgIpc) is 3.04. The van der Waals surface area contributed by atoms with Crippen LogP contribution in [-0.2, 0) is 52.4 Å². The number of quaternary nitrogens is 1. The number of rotatable bonds is 11. The summed E-state index contributed by atoms with van der Waals surface area (Å²) >= 11 is 6.99. The van der Waals surface area contributed by atoms with Crippen molar-refractivity contribution < 1.29 is 67.4 Å². The van der Waals surface area contributed by atoms with E-state index in [1.807, 2.05) is 0 Å². The summed E-state index contributed by atoms with van der Waals surface area (Å²) in [5, 5.41) is 23.1. The first-order valence-electron chi connectivity index (χ1n) is 17.6. The van der Waals surface area contributed by atoms with Crippen molar-refractivity contribution in [1.29, 1.82) is 0 Å². The minimum absolute atomic E-state index is 0.0276. The number of carbonyl (C=O) groups is 5. The van der Waals surface area contributed by atoms with Crippen LogP contribution in [0.3, 0.4) is 0 Å². The van der Waals surface area contributed by atoms with Gasteiger partial charge >= 0.3 is 17.9 Å². The smallest absolute Gasteiger partial charge is 0.316 e. The number of ketones is 2. The topological polar surface area (TPSA) is 181 Å². The molecular formula is C36H58Br2NO13+. The van der Waals surface area contributed by atoms with Gasteiger partial charge in [-0.05, 0) is 46.6 Å². The summed E-state index contributed by atoms with van der Waals surface area (Å²) in [6, 6.07) is -0.697. The van der Waals surface area contributed by atoms with E-state index in [1.165, 1.54) is 47.9 Å². The van der Waals surface area contributed by atoms with Crippen molar-refractivity contribution in [3.63, 3.8) is 0 Å². The summed E-state index contributed by atoms with van der Waals surface area (Å²) < 4.78 is 35.6. The van der Waals surface area contributed by atoms with Gasteiger partial charge in [-0.3, -0.25) is 24.0 Å². The van der Waals surface area contributed by atoms with Crippen LogP contribution >= 0.6 is 31.9 Å². The number of hydrogen-bond donors (Lipinski definition) is 2. The molecule has 52 heavy (non-hydrogen) atoms. The summed E-state index contributed by atoms with van der Waals surface area (Å²) in [7, 11) is 3.08. The Balaban J connectivity index is 2.88. The van der Waals surface area contributed by atoms with E-state index in [-0.39, 0.29) is 29.8 Å². The lowest BCUT2D eigenvalue weighted by Crippen LogP contribution is -2.64. The van der Waals surface area contributed by atoms with E-state index in [0.29, 0.717) is 11.8 Å². The molecule has 1 unspecified atom stereocenters. The van der Waals surface area contributed by atoms with Crippen molar-refractivity contribution >= 4 is 61.3 Å². The van der Waals surface area contributed by atoms with Crippen LogP contribution in [0.1, 0.15) is 81.6 Å². The Kier molecular flexibility index (Phi) is 17.1. The maximum Gasteiger partial charge on any atom is 0.316 e. The lowest BCUT2D eigenvalue weighted by molar-refractivity contribution is -1.09. The molecule has 2 rings (SSSR count). The van der Waals surface area contributed by atoms with E-state index in [9.17, 15) is 34.3 Å². The van der Waals surface area contributed by atoms with Gasteiger partial charge in [-0.2, -0.15) is 4.65 Å². The predicted molar refractivity (Wildman–Crippen MR) is 196 cm³/mol. The highest BCUT2D eigenvalue weighted by Gasteiger charge is 2.54. The van der Waals surface area contributed by atoms with Gasteiger partial charge in [0, 0.05) is 47.8 Å². The molecule has 298 valence electrons. The molecule has 1 fully saturated rings. The zero-order valence-corrected chi connectivity index (χ0v) is 35.4. The van der Waals surface area contributed by atoms with Crippen molar-refractivity contribution in [1.82, 2.24) is 0 Å². The van der Waals surface area contributed by atoms with Gasteiger partial charge < -0.3 is 33.5 Å². The second-order valence-corrected chi connectivity index (χ2v) is 16.9. The Hall–Kier alpha value is -1.79. The second kappa shape index (κ2) is 19.2. The first-order valence-corrected chi connectivity index (χ1v) is 19.7. The largest absolute Gasteiger partial charge is 0.461 e. The zero-order chi connectivity index (χ0) is 39.9. The van der Waals surface area contributed by atoms with Crippen LogP contribution in [0.15, 0.2) is 11.6 Å². The summed E-state index contributed by atoms with van der Waals surface area (Å²) in [4.78, 5) is 66.2. The van der Waals surface area contributed by atoms with Crippen LogP contribution in [0, 0.1) is 17.8 Å². The van der Waals surface area contributed by atoms with Gasteiger partial charge in [0.1, 0.15) is 24.2 Å². The number of ether oxygens (including phenoxy) is 6. The molecule has 2 aliphatic heterocycles. The molecule has 0 aromatic heterocycles. The molecule has 0 bridgehead atoms. The highest BCUT2D eigenvalue weighted by molar-refractivity contribution is 9.12. The number of nitrogens with zero attached hydrogens (tertiary/aromatic N) is 1. The maximum absolute atomic E-state index is 14.3. The van der Waals surface area contributed by atoms with Crippen molar-refractivity contribution in [2.24, 2.45) is 17.8 Å². The third kappa shape index (κ3) is 12.4. The molecule has 14 nitrogen and oxygen atoms in total. The van der Waals surface area contributed by atoms with Gasteiger partial charge in [0.05, 0.1) is 38.5 Å². The Morgan fingerprint density at radius 2 is 1.71 bits per heavy atom. The molecular weight excluding hydrogens is 814 g/mol. The van der Waals surface area contributed by atoms with E-state index in [4.69, 9.17) is 28.4 Å². The van der Waals surface area contributed by atoms with Crippen LogP contribution < -0.4 is 0 Å². The fourth-order valence-electron chi connectivity index (χ4n) is 6.93. The van der Waals surface area contributed by atoms with Gasteiger partial charge in [0.15, 0.2) is 17.6 Å². The lowest BCUT2D eigenvalue weighted by atomic mass is 9.76. The lowest BCUT2D eigenvalue weighted by Gasteiger charge is -2.48. The van der Waals surface area contributed by atoms with E-state index in [2.05, 4.69) is 31.9 Å². The third-order valence-corrected chi connectivity index (χ3v) is 11.9. The first-order chi connectivity index (χ1) is 23.9. The number of cyclic esters (lactones) is 1. The number of halogens is 2. The van der Waals surface area contributed by atoms with Gasteiger partial charge in [-0.15, -0.1) is 0 Å². The number of hydrogen-bond acceptors (Lipinski definition) is 13. The summed E-state index contributed by atoms with van der Waals surface area (Å²) in [5.74, 6) is -6.56. The van der Waals surface area contributed by atoms with Crippen LogP contribution in [-0.4, -0.2) is 130 Å². The molecule has 0 saturated carbocycles. The molecule has 0 aromatic rings. The van der Waals surface area contributed by atoms with Gasteiger partial charge in [-0.1, -0.05) is 52.6 Å². The van der Waals surface area contributed by atoms with E-state index in [1.54, 1.807) is 34.6 Å². The van der Waals surface area contributed by atoms with Crippen molar-refractivity contribution in [2.75, 3.05) is 32.6 Å². The minimum atomic E-state index is -1.88. The number of esters is 3. The molecule has 0 radical (unpaired) electrons. The van der Waals surface area contributed by atoms with Crippen LogP contribution in [0.25, 0.3) is 0 Å². The Morgan fingerprint density at radius 3 is 2.23 bits per heavy atom. The van der Waals surface area contributed by atoms with Gasteiger partial charge in [-0.25, -0.2) is 5.21 Å². The predicted octanol–water partition coefficient (Wildman–Crippen LogP) is 4.22. The molecule has 1 saturated heterocycles. The molecule has 12 atom stereocenters. The number of alkyl halides is 2. The molecule has 2 heterocycles. The minimum Gasteiger partial charge on any atom is -0.461 e. The molecule has 2 N–H and O–H groups in total. The average molecular weight is 873 g/mol. The zero-order valence-electron chi connectivity index (χ0n) is 32.2. The molecule has 0 aliphatic carbocycles. The van der Waals surface area contributed by atoms with E-state index < -0.39 is 106 Å². The second-order valence-electron chi connectivity index (χ2n) is 15.0. The number of aliphatic hydroxyl groups is 1. The molecule has 0 aromatic carbocycles. The third-order valence-electron chi connectivity index (χ3n) is 9.68. The number of Topliss-reactive ketones (excluding diaryl/α,β-unsaturated/α-hetero) is 2. The molecule has 0 spiro atoms. The fraction of sp³-hybridized carbons (Fsp3) is 0.806. The van der Waals surface area contributed by atoms with Crippen LogP contribution in [0.5, 0.6) is 0 Å². The first kappa shape index (κ1) is 46.4. The highest BCUT2D eigenvalue weighted by Crippen LogP contribution is 2.39. The molecule has 0 amide bonds. The highest BCUT2D eigenvalue weighted by atomic mass is 79.9. The Morgan fingerprint density at radius 1 is 1.10 bits per heavy atom. The van der Waals surface area contributed by atoms with Crippen molar-refractivity contribution in [3.8, 4) is 0 Å². The monoisotopic (exact) mass is 870 g/mol. The van der Waals surface area contributed by atoms with Gasteiger partial charge in [0.25, 0.3) is 0 Å². The molecule has 2 aliphatic rings. The Labute approximate surface area is 324 Å². The SMILES string of the molecule is CC[C@H]1OC(=O)[C@H](C)C(=O)[C@H](C)[C@@H](O[C@@H]2O[C@H](C)C[C@H]([N+](C)(C)O)[C@H]2OC(C)=O)[C@@](C)(OCC(Br)CBr)C[C@@H](C)C(=O)/C(COC(C)=O)=C/[C@]1(C)O. The van der Waals surface area contributed by atoms with Crippen LogP contribution in [0.4, 0.5) is 0 Å². The van der Waals surface area contributed by atoms with Crippen molar-refractivity contribution in [3.05, 3.63) is 11.6 Å². The number of carbonyl (C=O) groups excluding carboxylic acids is 5. The van der Waals surface area contributed by atoms with Crippen molar-refractivity contribution in [2.45, 2.75) is 134 Å². The standard InChI is InChI=1S/C36H58Br2NO13/c1-12-28-35(8,45)15-25(17-47-23(6)40)29(42)19(2)14-36(9,48-18-26(38)16-37)32(21(4)30(43)22(5)33(44)51-28)52-34-31(50-24(7)41)27(39(10,11)46)13-20(3)49-34/h15,19-22,26-28,31-32,34,45-46H,12-14,16-18H2,1-11H3/q+1/b25-15+/t19-,20-,21+,22-,26?,27+,28-,31-,32-,34+,35+,36+/m1/s1. The van der Waals surface area contributed by atoms with Gasteiger partial charge in [0.2, 0.25) is 12.4 Å². The fourth-order valence-corrected chi connectivity index (χ4v) is 7.25. The quantitative estimate of drug-likeness (QED) is 0.0754. The summed E-state index contributed by atoms with van der Waals surface area (Å²) in [5.41, 5.74) is -3.38. The van der Waals surface area contributed by atoms with E-state index >= 15 is 0 Å². The summed E-state index contributed by atoms with van der Waals surface area (Å²) in [6.45, 7) is 13.2. The number of hydroxylamine groups is 3. The van der Waals surface area contributed by atoms with E-state index in [0.717, 1.165) is 0 Å². The Bertz CT molecular complexity index is 1320.